The van der Waals surface area contributed by atoms with Crippen LogP contribution in [0.15, 0.2) is 77.6 Å². The minimum absolute atomic E-state index is 0.0502. The third-order valence-electron chi connectivity index (χ3n) is 5.92. The molecule has 0 aliphatic rings. The van der Waals surface area contributed by atoms with Crippen LogP contribution in [0, 0.1) is 18.3 Å². The zero-order valence-electron chi connectivity index (χ0n) is 20.6. The van der Waals surface area contributed by atoms with Crippen LogP contribution < -0.4 is 10.3 Å². The molecule has 0 N–H and O–H groups in total. The molecule has 0 radical (unpaired) electrons. The lowest BCUT2D eigenvalue weighted by molar-refractivity contribution is 0.242. The zero-order valence-corrected chi connectivity index (χ0v) is 20.6. The quantitative estimate of drug-likeness (QED) is 0.336. The molecule has 0 bridgehead atoms. The van der Waals surface area contributed by atoms with Crippen LogP contribution in [0.25, 0.3) is 16.8 Å². The molecule has 35 heavy (non-hydrogen) atoms. The molecule has 0 fully saturated rings. The summed E-state index contributed by atoms with van der Waals surface area (Å²) in [6.45, 7) is 7.85. The molecule has 176 valence electrons. The van der Waals surface area contributed by atoms with E-state index in [4.69, 9.17) is 9.72 Å². The summed E-state index contributed by atoms with van der Waals surface area (Å²) >= 11 is 0. The van der Waals surface area contributed by atoms with Crippen LogP contribution in [0.5, 0.6) is 5.75 Å². The Morgan fingerprint density at radius 2 is 1.69 bits per heavy atom. The van der Waals surface area contributed by atoms with Crippen molar-refractivity contribution in [3.8, 4) is 28.6 Å². The molecule has 4 rings (SSSR count). The number of nitrogens with zero attached hydrogens (tertiary/aromatic N) is 3. The Bertz CT molecular complexity index is 1430. The summed E-state index contributed by atoms with van der Waals surface area (Å²) in [6, 6.07) is 25.4. The predicted octanol–water partition coefficient (Wildman–Crippen LogP) is 6.02. The van der Waals surface area contributed by atoms with Gasteiger partial charge in [0, 0.05) is 12.0 Å². The second-order valence-corrected chi connectivity index (χ2v) is 8.77. The van der Waals surface area contributed by atoms with Crippen LogP contribution in [0.1, 0.15) is 49.0 Å². The largest absolute Gasteiger partial charge is 0.491 e. The van der Waals surface area contributed by atoms with Crippen molar-refractivity contribution in [2.75, 3.05) is 0 Å². The number of aryl methyl sites for hydroxylation is 2. The Morgan fingerprint density at radius 3 is 2.31 bits per heavy atom. The summed E-state index contributed by atoms with van der Waals surface area (Å²) < 4.78 is 7.41. The topological polar surface area (TPSA) is 67.9 Å². The van der Waals surface area contributed by atoms with Gasteiger partial charge in [0.25, 0.3) is 5.56 Å². The summed E-state index contributed by atoms with van der Waals surface area (Å²) in [5.74, 6) is 1.43. The maximum Gasteiger partial charge on any atom is 0.261 e. The smallest absolute Gasteiger partial charge is 0.261 e. The predicted molar refractivity (Wildman–Crippen MR) is 139 cm³/mol. The van der Waals surface area contributed by atoms with E-state index >= 15 is 0 Å². The molecule has 5 heteroatoms. The average molecular weight is 464 g/mol. The van der Waals surface area contributed by atoms with E-state index in [1.807, 2.05) is 100 Å². The average Bonchev–Trinajstić information content (AvgIpc) is 2.86. The lowest BCUT2D eigenvalue weighted by atomic mass is 9.97. The standard InChI is InChI=1S/C30H29N3O2/c1-5-29-28(18-22-10-12-23(13-11-22)27-9-7-6-8-24(27)19-31)30(34)33(21(4)32-29)25-14-16-26(17-15-25)35-20(2)3/h6-17,20H,5,18H2,1-4H3. The van der Waals surface area contributed by atoms with Crippen molar-refractivity contribution in [2.45, 2.75) is 46.6 Å². The van der Waals surface area contributed by atoms with Gasteiger partial charge >= 0.3 is 0 Å². The number of hydrogen-bond acceptors (Lipinski definition) is 4. The van der Waals surface area contributed by atoms with Crippen molar-refractivity contribution in [1.29, 1.82) is 5.26 Å². The van der Waals surface area contributed by atoms with Crippen molar-refractivity contribution < 1.29 is 4.74 Å². The van der Waals surface area contributed by atoms with E-state index in [-0.39, 0.29) is 11.7 Å². The van der Waals surface area contributed by atoms with E-state index in [1.54, 1.807) is 4.57 Å². The molecule has 0 aliphatic carbocycles. The molecule has 0 saturated heterocycles. The molecular weight excluding hydrogens is 434 g/mol. The first-order valence-electron chi connectivity index (χ1n) is 11.9. The van der Waals surface area contributed by atoms with Crippen LogP contribution in [0.2, 0.25) is 0 Å². The maximum absolute atomic E-state index is 13.7. The van der Waals surface area contributed by atoms with E-state index in [1.165, 1.54) is 0 Å². The van der Waals surface area contributed by atoms with E-state index in [0.29, 0.717) is 29.8 Å². The number of rotatable bonds is 7. The first-order valence-corrected chi connectivity index (χ1v) is 11.9. The molecule has 0 atom stereocenters. The number of benzene rings is 3. The number of ether oxygens (including phenoxy) is 1. The fourth-order valence-corrected chi connectivity index (χ4v) is 4.28. The highest BCUT2D eigenvalue weighted by Crippen LogP contribution is 2.24. The zero-order chi connectivity index (χ0) is 24.9. The second kappa shape index (κ2) is 10.4. The van der Waals surface area contributed by atoms with Gasteiger partial charge in [0.15, 0.2) is 0 Å². The van der Waals surface area contributed by atoms with Crippen LogP contribution >= 0.6 is 0 Å². The summed E-state index contributed by atoms with van der Waals surface area (Å²) in [5.41, 5.74) is 5.78. The Balaban J connectivity index is 1.69. The molecule has 1 heterocycles. The second-order valence-electron chi connectivity index (χ2n) is 8.77. The van der Waals surface area contributed by atoms with Crippen LogP contribution in [-0.4, -0.2) is 15.7 Å². The molecule has 0 amide bonds. The van der Waals surface area contributed by atoms with Gasteiger partial charge in [0.05, 0.1) is 29.1 Å². The van der Waals surface area contributed by atoms with Gasteiger partial charge in [-0.05, 0) is 74.2 Å². The Labute approximate surface area is 206 Å². The molecule has 0 spiro atoms. The number of nitriles is 1. The third-order valence-corrected chi connectivity index (χ3v) is 5.92. The highest BCUT2D eigenvalue weighted by atomic mass is 16.5. The SMILES string of the molecule is CCc1nc(C)n(-c2ccc(OC(C)C)cc2)c(=O)c1Cc1ccc(-c2ccccc2C#N)cc1. The van der Waals surface area contributed by atoms with Gasteiger partial charge in [-0.25, -0.2) is 4.98 Å². The molecule has 3 aromatic carbocycles. The lowest BCUT2D eigenvalue weighted by Crippen LogP contribution is -2.28. The van der Waals surface area contributed by atoms with Gasteiger partial charge in [-0.3, -0.25) is 9.36 Å². The van der Waals surface area contributed by atoms with Gasteiger partial charge in [0.1, 0.15) is 11.6 Å². The Kier molecular flexibility index (Phi) is 7.12. The van der Waals surface area contributed by atoms with Crippen molar-refractivity contribution in [3.63, 3.8) is 0 Å². The summed E-state index contributed by atoms with van der Waals surface area (Å²) in [4.78, 5) is 18.4. The molecule has 4 aromatic rings. The van der Waals surface area contributed by atoms with Crippen molar-refractivity contribution in [1.82, 2.24) is 9.55 Å². The Hall–Kier alpha value is -4.17. The van der Waals surface area contributed by atoms with Crippen LogP contribution in [0.3, 0.4) is 0 Å². The van der Waals surface area contributed by atoms with Crippen LogP contribution in [0.4, 0.5) is 0 Å². The molecule has 0 unspecified atom stereocenters. The van der Waals surface area contributed by atoms with Crippen molar-refractivity contribution in [2.24, 2.45) is 0 Å². The summed E-state index contributed by atoms with van der Waals surface area (Å²) in [7, 11) is 0. The molecular formula is C30H29N3O2. The van der Waals surface area contributed by atoms with E-state index in [0.717, 1.165) is 33.8 Å². The molecule has 5 nitrogen and oxygen atoms in total. The highest BCUT2D eigenvalue weighted by molar-refractivity contribution is 5.70. The van der Waals surface area contributed by atoms with E-state index in [2.05, 4.69) is 6.07 Å². The maximum atomic E-state index is 13.7. The summed E-state index contributed by atoms with van der Waals surface area (Å²) in [6.07, 6.45) is 1.26. The van der Waals surface area contributed by atoms with Gasteiger partial charge in [0.2, 0.25) is 0 Å². The normalized spacial score (nSPS) is 10.9. The first-order chi connectivity index (χ1) is 16.9. The van der Waals surface area contributed by atoms with Gasteiger partial charge in [-0.1, -0.05) is 49.4 Å². The van der Waals surface area contributed by atoms with Gasteiger partial charge in [-0.2, -0.15) is 5.26 Å². The molecule has 0 aliphatic heterocycles. The highest BCUT2D eigenvalue weighted by Gasteiger charge is 2.16. The van der Waals surface area contributed by atoms with Gasteiger partial charge < -0.3 is 4.74 Å². The number of hydrogen-bond donors (Lipinski definition) is 0. The number of aromatic nitrogens is 2. The lowest BCUT2D eigenvalue weighted by Gasteiger charge is -2.16. The summed E-state index contributed by atoms with van der Waals surface area (Å²) in [5, 5.41) is 9.41. The monoisotopic (exact) mass is 463 g/mol. The van der Waals surface area contributed by atoms with E-state index in [9.17, 15) is 10.1 Å². The molecule has 1 aromatic heterocycles. The molecule has 0 saturated carbocycles. The fraction of sp³-hybridized carbons (Fsp3) is 0.233. The van der Waals surface area contributed by atoms with Crippen molar-refractivity contribution >= 4 is 0 Å². The van der Waals surface area contributed by atoms with Gasteiger partial charge in [-0.15, -0.1) is 0 Å². The minimum atomic E-state index is -0.0502. The van der Waals surface area contributed by atoms with Crippen LogP contribution in [-0.2, 0) is 12.8 Å². The third kappa shape index (κ3) is 5.17. The first kappa shape index (κ1) is 24.0. The minimum Gasteiger partial charge on any atom is -0.491 e. The Morgan fingerprint density at radius 1 is 1.00 bits per heavy atom. The van der Waals surface area contributed by atoms with E-state index < -0.39 is 0 Å². The van der Waals surface area contributed by atoms with Crippen molar-refractivity contribution in [3.05, 3.63) is 111 Å². The fourth-order valence-electron chi connectivity index (χ4n) is 4.28.